The number of nitrogens with one attached hydrogen (secondary N) is 1. The van der Waals surface area contributed by atoms with Crippen LogP contribution in [0.3, 0.4) is 0 Å². The molecule has 0 atom stereocenters. The molecule has 0 amide bonds. The summed E-state index contributed by atoms with van der Waals surface area (Å²) in [6.07, 6.45) is 8.12. The first-order valence-corrected chi connectivity index (χ1v) is 5.99. The van der Waals surface area contributed by atoms with Gasteiger partial charge in [-0.05, 0) is 37.0 Å². The fourth-order valence-corrected chi connectivity index (χ4v) is 2.41. The molecular formula is C12H15N3O2. The molecule has 1 aromatic heterocycles. The van der Waals surface area contributed by atoms with Crippen molar-refractivity contribution in [1.29, 1.82) is 0 Å². The number of carboxylic acids is 1. The summed E-state index contributed by atoms with van der Waals surface area (Å²) in [7, 11) is 0. The molecule has 90 valence electrons. The highest BCUT2D eigenvalue weighted by molar-refractivity contribution is 5.85. The first kappa shape index (κ1) is 10.5. The third kappa shape index (κ3) is 2.09. The Labute approximate surface area is 99.3 Å². The van der Waals surface area contributed by atoms with E-state index in [0.717, 1.165) is 12.5 Å². The lowest BCUT2D eigenvalue weighted by Crippen LogP contribution is -2.18. The van der Waals surface area contributed by atoms with Crippen molar-refractivity contribution < 1.29 is 9.90 Å². The minimum atomic E-state index is -1.04. The van der Waals surface area contributed by atoms with Gasteiger partial charge in [0, 0.05) is 6.54 Å². The van der Waals surface area contributed by atoms with Gasteiger partial charge < -0.3 is 10.4 Å². The van der Waals surface area contributed by atoms with E-state index < -0.39 is 5.97 Å². The second-order valence-electron chi connectivity index (χ2n) is 5.08. The fraction of sp³-hybridized carbons (Fsp3) is 0.583. The number of aromatic nitrogens is 2. The lowest BCUT2D eigenvalue weighted by Gasteiger charge is -2.15. The van der Waals surface area contributed by atoms with Gasteiger partial charge in [-0.3, -0.25) is 4.98 Å². The van der Waals surface area contributed by atoms with Crippen LogP contribution in [0.2, 0.25) is 0 Å². The summed E-state index contributed by atoms with van der Waals surface area (Å²) in [5.41, 5.74) is 0.465. The summed E-state index contributed by atoms with van der Waals surface area (Å²) in [4.78, 5) is 18.6. The minimum Gasteiger partial charge on any atom is -0.476 e. The number of hydrogen-bond acceptors (Lipinski definition) is 4. The van der Waals surface area contributed by atoms with E-state index in [1.54, 1.807) is 6.20 Å². The molecule has 2 N–H and O–H groups in total. The highest BCUT2D eigenvalue weighted by Crippen LogP contribution is 2.61. The molecule has 0 bridgehead atoms. The van der Waals surface area contributed by atoms with Crippen LogP contribution < -0.4 is 5.32 Å². The van der Waals surface area contributed by atoms with Crippen molar-refractivity contribution in [1.82, 2.24) is 9.97 Å². The van der Waals surface area contributed by atoms with Gasteiger partial charge in [-0.25, -0.2) is 9.78 Å². The second-order valence-corrected chi connectivity index (χ2v) is 5.08. The zero-order valence-electron chi connectivity index (χ0n) is 9.52. The van der Waals surface area contributed by atoms with Crippen molar-refractivity contribution in [3.63, 3.8) is 0 Å². The van der Waals surface area contributed by atoms with E-state index >= 15 is 0 Å². The van der Waals surface area contributed by atoms with Gasteiger partial charge in [0.05, 0.1) is 12.4 Å². The number of nitrogens with zero attached hydrogens (tertiary/aromatic N) is 2. The minimum absolute atomic E-state index is 0.00808. The fourth-order valence-electron chi connectivity index (χ4n) is 2.41. The monoisotopic (exact) mass is 233 g/mol. The molecule has 0 unspecified atom stereocenters. The summed E-state index contributed by atoms with van der Waals surface area (Å²) < 4.78 is 0. The standard InChI is InChI=1S/C12H15N3O2/c16-11(17)9-5-13-6-10(15-9)14-7-12(3-4-12)8-1-2-8/h5-6,8H,1-4,7H2,(H,14,15)(H,16,17). The number of carboxylic acid groups (broad SMARTS) is 1. The van der Waals surface area contributed by atoms with E-state index in [2.05, 4.69) is 15.3 Å². The van der Waals surface area contributed by atoms with Gasteiger partial charge in [0.15, 0.2) is 5.69 Å². The van der Waals surface area contributed by atoms with E-state index in [1.165, 1.54) is 31.9 Å². The SMILES string of the molecule is O=C(O)c1cncc(NCC2(C3CC3)CC2)n1. The highest BCUT2D eigenvalue weighted by Gasteiger charge is 2.53. The molecular weight excluding hydrogens is 218 g/mol. The van der Waals surface area contributed by atoms with Gasteiger partial charge in [-0.1, -0.05) is 0 Å². The molecule has 5 heteroatoms. The number of rotatable bonds is 5. The van der Waals surface area contributed by atoms with Gasteiger partial charge in [0.1, 0.15) is 5.82 Å². The summed E-state index contributed by atoms with van der Waals surface area (Å²) in [5, 5.41) is 12.0. The Kier molecular flexibility index (Phi) is 2.28. The van der Waals surface area contributed by atoms with E-state index in [0.29, 0.717) is 11.2 Å². The molecule has 0 aliphatic heterocycles. The van der Waals surface area contributed by atoms with Crippen molar-refractivity contribution in [3.05, 3.63) is 18.1 Å². The van der Waals surface area contributed by atoms with Gasteiger partial charge in [0.2, 0.25) is 0 Å². The van der Waals surface area contributed by atoms with E-state index in [9.17, 15) is 4.79 Å². The van der Waals surface area contributed by atoms with Crippen molar-refractivity contribution in [3.8, 4) is 0 Å². The number of hydrogen-bond donors (Lipinski definition) is 2. The Bertz CT molecular complexity index is 453. The smallest absolute Gasteiger partial charge is 0.356 e. The average molecular weight is 233 g/mol. The van der Waals surface area contributed by atoms with Gasteiger partial charge in [-0.2, -0.15) is 0 Å². The molecule has 17 heavy (non-hydrogen) atoms. The number of anilines is 1. The Morgan fingerprint density at radius 3 is 2.82 bits per heavy atom. The van der Waals surface area contributed by atoms with Gasteiger partial charge in [-0.15, -0.1) is 0 Å². The van der Waals surface area contributed by atoms with Crippen molar-refractivity contribution >= 4 is 11.8 Å². The largest absolute Gasteiger partial charge is 0.476 e. The molecule has 5 nitrogen and oxygen atoms in total. The van der Waals surface area contributed by atoms with Crippen molar-refractivity contribution in [2.75, 3.05) is 11.9 Å². The van der Waals surface area contributed by atoms with E-state index in [1.807, 2.05) is 0 Å². The predicted octanol–water partition coefficient (Wildman–Crippen LogP) is 1.78. The lowest BCUT2D eigenvalue weighted by atomic mass is 10.0. The summed E-state index contributed by atoms with van der Waals surface area (Å²) in [6.45, 7) is 0.898. The average Bonchev–Trinajstić information content (AvgIpc) is 3.17. The quantitative estimate of drug-likeness (QED) is 0.810. The van der Waals surface area contributed by atoms with Crippen LogP contribution in [0.4, 0.5) is 5.82 Å². The number of aromatic carboxylic acids is 1. The summed E-state index contributed by atoms with van der Waals surface area (Å²) >= 11 is 0. The molecule has 0 aromatic carbocycles. The van der Waals surface area contributed by atoms with Crippen molar-refractivity contribution in [2.45, 2.75) is 25.7 Å². The van der Waals surface area contributed by atoms with Crippen LogP contribution in [-0.2, 0) is 0 Å². The van der Waals surface area contributed by atoms with Crippen LogP contribution >= 0.6 is 0 Å². The van der Waals surface area contributed by atoms with E-state index in [4.69, 9.17) is 5.11 Å². The van der Waals surface area contributed by atoms with Crippen LogP contribution in [0.25, 0.3) is 0 Å². The zero-order chi connectivity index (χ0) is 11.9. The maximum absolute atomic E-state index is 10.8. The van der Waals surface area contributed by atoms with Crippen LogP contribution in [-0.4, -0.2) is 27.6 Å². The third-order valence-corrected chi connectivity index (χ3v) is 3.81. The second kappa shape index (κ2) is 3.68. The summed E-state index contributed by atoms with van der Waals surface area (Å²) in [5.74, 6) is 0.409. The Balaban J connectivity index is 1.64. The predicted molar refractivity (Wildman–Crippen MR) is 61.9 cm³/mol. The molecule has 0 radical (unpaired) electrons. The van der Waals surface area contributed by atoms with Crippen LogP contribution in [0.15, 0.2) is 12.4 Å². The van der Waals surface area contributed by atoms with Gasteiger partial charge in [0.25, 0.3) is 0 Å². The number of carbonyl (C=O) groups is 1. The molecule has 2 fully saturated rings. The molecule has 2 aliphatic rings. The maximum atomic E-state index is 10.8. The topological polar surface area (TPSA) is 75.1 Å². The molecule has 0 spiro atoms. The molecule has 3 rings (SSSR count). The highest BCUT2D eigenvalue weighted by atomic mass is 16.4. The van der Waals surface area contributed by atoms with Crippen LogP contribution in [0.1, 0.15) is 36.2 Å². The van der Waals surface area contributed by atoms with Crippen LogP contribution in [0, 0.1) is 11.3 Å². The Morgan fingerprint density at radius 2 is 2.24 bits per heavy atom. The molecule has 1 aromatic rings. The maximum Gasteiger partial charge on any atom is 0.356 e. The van der Waals surface area contributed by atoms with Crippen LogP contribution in [0.5, 0.6) is 0 Å². The normalized spacial score (nSPS) is 20.9. The Morgan fingerprint density at radius 1 is 1.47 bits per heavy atom. The summed E-state index contributed by atoms with van der Waals surface area (Å²) in [6, 6.07) is 0. The Hall–Kier alpha value is -1.65. The molecule has 2 aliphatic carbocycles. The first-order valence-electron chi connectivity index (χ1n) is 5.99. The van der Waals surface area contributed by atoms with Crippen molar-refractivity contribution in [2.24, 2.45) is 11.3 Å². The third-order valence-electron chi connectivity index (χ3n) is 3.81. The molecule has 2 saturated carbocycles. The molecule has 1 heterocycles. The van der Waals surface area contributed by atoms with E-state index in [-0.39, 0.29) is 5.69 Å². The van der Waals surface area contributed by atoms with Gasteiger partial charge >= 0.3 is 5.97 Å². The molecule has 0 saturated heterocycles. The first-order chi connectivity index (χ1) is 8.20. The zero-order valence-corrected chi connectivity index (χ0v) is 9.52. The lowest BCUT2D eigenvalue weighted by molar-refractivity contribution is 0.0690.